The van der Waals surface area contributed by atoms with Gasteiger partial charge in [0.25, 0.3) is 15.9 Å². The molecule has 4 aliphatic rings. The Kier molecular flexibility index (Phi) is 11.6. The van der Waals surface area contributed by atoms with Crippen molar-refractivity contribution >= 4 is 39.9 Å². The van der Waals surface area contributed by atoms with Crippen molar-refractivity contribution in [1.29, 1.82) is 0 Å². The molecule has 5 atom stereocenters. The van der Waals surface area contributed by atoms with Gasteiger partial charge >= 0.3 is 12.2 Å². The Hall–Kier alpha value is -4.99. The van der Waals surface area contributed by atoms with E-state index in [4.69, 9.17) is 9.47 Å². The number of sulfonamides is 1. The monoisotopic (exact) mass is 778 g/mol. The fraction of sp³-hybridized carbons (Fsp3) is 0.538. The Morgan fingerprint density at radius 2 is 1.75 bits per heavy atom. The van der Waals surface area contributed by atoms with Crippen molar-refractivity contribution in [1.82, 2.24) is 30.1 Å². The number of ether oxygens (including phenoxy) is 2. The van der Waals surface area contributed by atoms with Crippen LogP contribution in [0.1, 0.15) is 76.8 Å². The molecule has 0 radical (unpaired) electrons. The molecular weight excluding hydrogens is 729 g/mol. The Balaban J connectivity index is 1.24. The van der Waals surface area contributed by atoms with E-state index in [1.54, 1.807) is 18.5 Å². The third-order valence-electron chi connectivity index (χ3n) is 10.7. The minimum Gasteiger partial charge on any atom is -0.449 e. The number of amides is 5. The number of likely N-dealkylation sites (tertiary alicyclic amines) is 1. The number of carbonyl (C=O) groups is 5. The number of benzene rings is 1. The molecule has 3 fully saturated rings. The van der Waals surface area contributed by atoms with Gasteiger partial charge in [0.2, 0.25) is 11.8 Å². The number of nitrogens with zero attached hydrogens (tertiary/aromatic N) is 3. The lowest BCUT2D eigenvalue weighted by Gasteiger charge is -2.34. The molecule has 0 bridgehead atoms. The van der Waals surface area contributed by atoms with Crippen LogP contribution in [0.4, 0.5) is 9.59 Å². The van der Waals surface area contributed by atoms with Crippen LogP contribution in [0.2, 0.25) is 0 Å². The third-order valence-corrected chi connectivity index (χ3v) is 12.1. The summed E-state index contributed by atoms with van der Waals surface area (Å²) in [6, 6.07) is 6.93. The van der Waals surface area contributed by atoms with Crippen LogP contribution in [0.15, 0.2) is 66.3 Å². The van der Waals surface area contributed by atoms with Gasteiger partial charge in [-0.3, -0.25) is 24.3 Å². The second-order valence-electron chi connectivity index (χ2n) is 16.2. The average Bonchev–Trinajstić information content (AvgIpc) is 3.46. The van der Waals surface area contributed by atoms with Crippen molar-refractivity contribution in [2.45, 2.75) is 107 Å². The van der Waals surface area contributed by atoms with Crippen LogP contribution >= 0.6 is 0 Å². The second-order valence-corrected chi connectivity index (χ2v) is 17.8. The molecule has 16 heteroatoms. The number of alkyl carbamates (subject to hydrolysis) is 1. The summed E-state index contributed by atoms with van der Waals surface area (Å²) >= 11 is 0. The van der Waals surface area contributed by atoms with Gasteiger partial charge < -0.3 is 25.0 Å². The lowest BCUT2D eigenvalue weighted by Crippen LogP contribution is -2.59. The first-order valence-corrected chi connectivity index (χ1v) is 20.3. The second kappa shape index (κ2) is 16.0. The van der Waals surface area contributed by atoms with Gasteiger partial charge in [-0.15, -0.1) is 6.58 Å². The van der Waals surface area contributed by atoms with Gasteiger partial charge in [0.15, 0.2) is 0 Å². The molecule has 55 heavy (non-hydrogen) atoms. The van der Waals surface area contributed by atoms with Crippen molar-refractivity contribution in [3.8, 4) is 0 Å². The summed E-state index contributed by atoms with van der Waals surface area (Å²) < 4.78 is 39.7. The normalized spacial score (nSPS) is 24.2. The zero-order valence-electron chi connectivity index (χ0n) is 31.5. The SMILES string of the molecule is C=C[C@@H]1C[C@]1(NC(=O)[C@@H]1CC(OC(=O)N2Cc3ccncc3C2)CN1C(=O)[C@@H](NC(=O)OCC(C)(C)C)C1CCCCC1)C(=O)NS(=O)(=O)c1ccccc1. The number of hydrogen-bond donors (Lipinski definition) is 3. The largest absolute Gasteiger partial charge is 0.449 e. The predicted molar refractivity (Wildman–Crippen MR) is 199 cm³/mol. The van der Waals surface area contributed by atoms with Crippen LogP contribution < -0.4 is 15.4 Å². The average molecular weight is 779 g/mol. The molecule has 1 aromatic carbocycles. The van der Waals surface area contributed by atoms with Crippen LogP contribution in [0, 0.1) is 17.3 Å². The summed E-state index contributed by atoms with van der Waals surface area (Å²) in [5.74, 6) is -3.05. The van der Waals surface area contributed by atoms with Gasteiger partial charge in [-0.2, -0.15) is 0 Å². The van der Waals surface area contributed by atoms with E-state index < -0.39 is 69.6 Å². The lowest BCUT2D eigenvalue weighted by molar-refractivity contribution is -0.142. The van der Waals surface area contributed by atoms with Crippen LogP contribution in [0.5, 0.6) is 0 Å². The molecule has 5 amide bonds. The van der Waals surface area contributed by atoms with E-state index in [1.807, 2.05) is 26.8 Å². The summed E-state index contributed by atoms with van der Waals surface area (Å²) in [6.45, 7) is 10.1. The van der Waals surface area contributed by atoms with Crippen molar-refractivity contribution in [2.75, 3.05) is 13.2 Å². The molecule has 1 aromatic heterocycles. The van der Waals surface area contributed by atoms with E-state index in [-0.39, 0.29) is 48.8 Å². The molecule has 1 saturated heterocycles. The maximum absolute atomic E-state index is 14.7. The van der Waals surface area contributed by atoms with Gasteiger partial charge in [0.05, 0.1) is 24.6 Å². The summed E-state index contributed by atoms with van der Waals surface area (Å²) in [5.41, 5.74) is -0.152. The van der Waals surface area contributed by atoms with Gasteiger partial charge in [0, 0.05) is 31.3 Å². The first-order valence-electron chi connectivity index (χ1n) is 18.8. The molecule has 296 valence electrons. The van der Waals surface area contributed by atoms with E-state index >= 15 is 0 Å². The highest BCUT2D eigenvalue weighted by molar-refractivity contribution is 7.90. The molecule has 2 saturated carbocycles. The molecule has 3 heterocycles. The van der Waals surface area contributed by atoms with Crippen LogP contribution in [-0.4, -0.2) is 90.0 Å². The van der Waals surface area contributed by atoms with Crippen LogP contribution in [0.3, 0.4) is 0 Å². The van der Waals surface area contributed by atoms with Crippen LogP contribution in [0.25, 0.3) is 0 Å². The molecule has 15 nitrogen and oxygen atoms in total. The first-order chi connectivity index (χ1) is 26.1. The maximum Gasteiger partial charge on any atom is 0.410 e. The van der Waals surface area contributed by atoms with E-state index in [0.717, 1.165) is 30.4 Å². The molecule has 2 aliphatic carbocycles. The zero-order chi connectivity index (χ0) is 39.5. The van der Waals surface area contributed by atoms with Crippen molar-refractivity contribution in [3.63, 3.8) is 0 Å². The summed E-state index contributed by atoms with van der Waals surface area (Å²) in [4.78, 5) is 76.1. The van der Waals surface area contributed by atoms with Crippen molar-refractivity contribution in [3.05, 3.63) is 72.6 Å². The Morgan fingerprint density at radius 3 is 2.40 bits per heavy atom. The Labute approximate surface area is 321 Å². The zero-order valence-corrected chi connectivity index (χ0v) is 32.3. The third kappa shape index (κ3) is 9.11. The molecule has 2 aromatic rings. The first kappa shape index (κ1) is 39.7. The number of fused-ring (bicyclic) bond motifs is 1. The van der Waals surface area contributed by atoms with Gasteiger partial charge in [-0.05, 0) is 59.9 Å². The predicted octanol–water partition coefficient (Wildman–Crippen LogP) is 3.79. The molecule has 6 rings (SSSR count). The highest BCUT2D eigenvalue weighted by Crippen LogP contribution is 2.45. The highest BCUT2D eigenvalue weighted by Gasteiger charge is 2.61. The van der Waals surface area contributed by atoms with E-state index in [2.05, 4.69) is 26.9 Å². The molecule has 2 aliphatic heterocycles. The Bertz CT molecular complexity index is 1890. The number of nitrogens with one attached hydrogen (secondary N) is 3. The molecule has 3 N–H and O–H groups in total. The van der Waals surface area contributed by atoms with Gasteiger partial charge in [0.1, 0.15) is 23.7 Å². The number of aromatic nitrogens is 1. The van der Waals surface area contributed by atoms with E-state index in [0.29, 0.717) is 19.4 Å². The molecular formula is C39H50N6O9S. The minimum atomic E-state index is -4.28. The number of pyridine rings is 1. The fourth-order valence-electron chi connectivity index (χ4n) is 7.63. The number of carbonyl (C=O) groups excluding carboxylic acids is 5. The highest BCUT2D eigenvalue weighted by atomic mass is 32.2. The number of hydrogen-bond acceptors (Lipinski definition) is 10. The van der Waals surface area contributed by atoms with Crippen molar-refractivity contribution in [2.24, 2.45) is 17.3 Å². The summed E-state index contributed by atoms with van der Waals surface area (Å²) in [5, 5.41) is 5.55. The quantitative estimate of drug-likeness (QED) is 0.283. The molecule has 0 spiro atoms. The maximum atomic E-state index is 14.7. The van der Waals surface area contributed by atoms with Crippen molar-refractivity contribution < 1.29 is 41.9 Å². The number of rotatable bonds is 11. The van der Waals surface area contributed by atoms with E-state index in [9.17, 15) is 32.4 Å². The topological polar surface area (TPSA) is 193 Å². The van der Waals surface area contributed by atoms with Gasteiger partial charge in [-0.1, -0.05) is 64.3 Å². The van der Waals surface area contributed by atoms with E-state index in [1.165, 1.54) is 40.1 Å². The Morgan fingerprint density at radius 1 is 1.04 bits per heavy atom. The standard InChI is InChI=1S/C39H50N6O9S/c1-5-28-19-39(28,35(48)43-55(51,52)30-14-10-7-11-15-30)42-33(46)31-18-29(54-37(50)44-21-26-16-17-40-20-27(26)22-44)23-45(31)34(47)32(25-12-8-6-9-13-25)41-36(49)53-24-38(2,3)4/h5,7,10-11,14-17,20,25,28-29,31-32H,1,6,8-9,12-13,18-19,21-24H2,2-4H3,(H,41,49)(H,42,46)(H,43,48)/t28-,29?,31+,32+,39-/m1/s1. The summed E-state index contributed by atoms with van der Waals surface area (Å²) in [6.07, 6.45) is 6.53. The fourth-order valence-corrected chi connectivity index (χ4v) is 8.69. The van der Waals surface area contributed by atoms with Crippen LogP contribution in [-0.2, 0) is 47.0 Å². The lowest BCUT2D eigenvalue weighted by atomic mass is 9.83. The van der Waals surface area contributed by atoms with Gasteiger partial charge in [-0.25, -0.2) is 22.7 Å². The molecule has 1 unspecified atom stereocenters. The minimum absolute atomic E-state index is 0.0771. The summed E-state index contributed by atoms with van der Waals surface area (Å²) in [7, 11) is -4.28. The smallest absolute Gasteiger partial charge is 0.410 e.